The number of ether oxygens (including phenoxy) is 3. The lowest BCUT2D eigenvalue weighted by atomic mass is 9.95. The van der Waals surface area contributed by atoms with Crippen LogP contribution in [0.2, 0.25) is 0 Å². The van der Waals surface area contributed by atoms with Crippen LogP contribution in [0.4, 0.5) is 5.95 Å². The summed E-state index contributed by atoms with van der Waals surface area (Å²) in [5.41, 5.74) is 2.76. The molecule has 1 N–H and O–H groups in total. The molecule has 1 aliphatic rings. The summed E-state index contributed by atoms with van der Waals surface area (Å²) in [5, 5.41) is 7.48. The molecule has 0 saturated heterocycles. The number of aromatic nitrogens is 3. The number of rotatable bonds is 6. The summed E-state index contributed by atoms with van der Waals surface area (Å²) < 4.78 is 18.9. The van der Waals surface area contributed by atoms with Gasteiger partial charge in [-0.1, -0.05) is 30.3 Å². The van der Waals surface area contributed by atoms with E-state index in [1.807, 2.05) is 49.4 Å². The Morgan fingerprint density at radius 1 is 1.19 bits per heavy atom. The van der Waals surface area contributed by atoms with E-state index in [0.29, 0.717) is 33.2 Å². The first kappa shape index (κ1) is 20.9. The summed E-state index contributed by atoms with van der Waals surface area (Å²) in [6, 6.07) is 12.7. The standard InChI is InChI=1S/C22H21BrN4O4/c1-13-18(21(28)31-11-14-7-5-4-6-8-14)19(27-22(26-13)24-12-25-27)15-9-16(23)20(30-3)17(10-15)29-2/h4-10,12,19H,11H2,1-3H3,(H,24,25,26). The molecule has 1 unspecified atom stereocenters. The van der Waals surface area contributed by atoms with Crippen LogP contribution in [-0.4, -0.2) is 35.0 Å². The minimum absolute atomic E-state index is 0.170. The van der Waals surface area contributed by atoms with E-state index in [-0.39, 0.29) is 6.61 Å². The Morgan fingerprint density at radius 2 is 1.97 bits per heavy atom. The first-order valence-corrected chi connectivity index (χ1v) is 10.3. The fourth-order valence-electron chi connectivity index (χ4n) is 3.56. The van der Waals surface area contributed by atoms with Crippen LogP contribution in [0, 0.1) is 0 Å². The van der Waals surface area contributed by atoms with Gasteiger partial charge in [0.2, 0.25) is 5.95 Å². The van der Waals surface area contributed by atoms with Crippen LogP contribution in [0.15, 0.2) is 64.5 Å². The van der Waals surface area contributed by atoms with Gasteiger partial charge in [-0.05, 0) is 46.1 Å². The van der Waals surface area contributed by atoms with Crippen molar-refractivity contribution in [3.05, 3.63) is 75.7 Å². The fraction of sp³-hybridized carbons (Fsp3) is 0.227. The van der Waals surface area contributed by atoms with Gasteiger partial charge < -0.3 is 19.5 Å². The minimum atomic E-state index is -0.557. The highest BCUT2D eigenvalue weighted by molar-refractivity contribution is 9.10. The number of nitrogens with one attached hydrogen (secondary N) is 1. The van der Waals surface area contributed by atoms with Crippen LogP contribution in [0.25, 0.3) is 0 Å². The molecule has 8 nitrogen and oxygen atoms in total. The number of hydrogen-bond acceptors (Lipinski definition) is 7. The van der Waals surface area contributed by atoms with E-state index in [2.05, 4.69) is 31.3 Å². The molecule has 0 amide bonds. The molecule has 0 spiro atoms. The summed E-state index contributed by atoms with van der Waals surface area (Å²) in [7, 11) is 3.13. The number of hydrogen-bond donors (Lipinski definition) is 1. The lowest BCUT2D eigenvalue weighted by Gasteiger charge is -2.28. The van der Waals surface area contributed by atoms with Gasteiger partial charge in [0.15, 0.2) is 11.5 Å². The van der Waals surface area contributed by atoms with Crippen molar-refractivity contribution in [1.29, 1.82) is 0 Å². The van der Waals surface area contributed by atoms with E-state index >= 15 is 0 Å². The molecule has 1 aromatic heterocycles. The highest BCUT2D eigenvalue weighted by Crippen LogP contribution is 2.42. The third kappa shape index (κ3) is 4.00. The molecule has 0 bridgehead atoms. The predicted molar refractivity (Wildman–Crippen MR) is 118 cm³/mol. The van der Waals surface area contributed by atoms with Crippen LogP contribution in [0.3, 0.4) is 0 Å². The quantitative estimate of drug-likeness (QED) is 0.527. The number of carbonyl (C=O) groups is 1. The van der Waals surface area contributed by atoms with Gasteiger partial charge in [-0.25, -0.2) is 9.48 Å². The van der Waals surface area contributed by atoms with E-state index in [1.165, 1.54) is 6.33 Å². The Labute approximate surface area is 188 Å². The smallest absolute Gasteiger partial charge is 0.338 e. The number of allylic oxidation sites excluding steroid dienone is 1. The molecule has 2 heterocycles. The van der Waals surface area contributed by atoms with Crippen LogP contribution < -0.4 is 14.8 Å². The molecule has 0 aliphatic carbocycles. The lowest BCUT2D eigenvalue weighted by Crippen LogP contribution is -2.29. The summed E-state index contributed by atoms with van der Waals surface area (Å²) in [6.45, 7) is 1.99. The molecule has 0 fully saturated rings. The predicted octanol–water partition coefficient (Wildman–Crippen LogP) is 4.09. The number of esters is 1. The average molecular weight is 485 g/mol. The van der Waals surface area contributed by atoms with E-state index in [9.17, 15) is 4.79 Å². The van der Waals surface area contributed by atoms with Crippen LogP contribution in [0.1, 0.15) is 24.1 Å². The number of methoxy groups -OCH3 is 2. The number of fused-ring (bicyclic) bond motifs is 1. The zero-order chi connectivity index (χ0) is 22.0. The molecule has 2 aromatic carbocycles. The highest BCUT2D eigenvalue weighted by atomic mass is 79.9. The third-order valence-electron chi connectivity index (χ3n) is 5.00. The van der Waals surface area contributed by atoms with Gasteiger partial charge in [0.1, 0.15) is 19.0 Å². The largest absolute Gasteiger partial charge is 0.493 e. The van der Waals surface area contributed by atoms with Gasteiger partial charge in [0.25, 0.3) is 0 Å². The maximum atomic E-state index is 13.2. The van der Waals surface area contributed by atoms with Crippen molar-refractivity contribution in [2.45, 2.75) is 19.6 Å². The van der Waals surface area contributed by atoms with Crippen molar-refractivity contribution in [2.75, 3.05) is 19.5 Å². The van der Waals surface area contributed by atoms with Crippen LogP contribution in [-0.2, 0) is 16.1 Å². The summed E-state index contributed by atoms with van der Waals surface area (Å²) >= 11 is 3.53. The zero-order valence-electron chi connectivity index (χ0n) is 17.3. The Hall–Kier alpha value is -3.33. The van der Waals surface area contributed by atoms with E-state index in [0.717, 1.165) is 11.1 Å². The van der Waals surface area contributed by atoms with Crippen molar-refractivity contribution in [1.82, 2.24) is 14.8 Å². The lowest BCUT2D eigenvalue weighted by molar-refractivity contribution is -0.140. The van der Waals surface area contributed by atoms with Crippen molar-refractivity contribution in [3.8, 4) is 11.5 Å². The molecular formula is C22H21BrN4O4. The first-order valence-electron chi connectivity index (χ1n) is 9.53. The number of benzene rings is 2. The minimum Gasteiger partial charge on any atom is -0.493 e. The molecule has 9 heteroatoms. The molecule has 0 saturated carbocycles. The number of halogens is 1. The summed E-state index contributed by atoms with van der Waals surface area (Å²) in [6.07, 6.45) is 1.44. The Kier molecular flexibility index (Phi) is 5.94. The average Bonchev–Trinajstić information content (AvgIpc) is 3.24. The second-order valence-electron chi connectivity index (χ2n) is 6.89. The number of nitrogens with zero attached hydrogens (tertiary/aromatic N) is 3. The third-order valence-corrected chi connectivity index (χ3v) is 5.59. The molecule has 1 aliphatic heterocycles. The molecule has 160 valence electrons. The molecule has 31 heavy (non-hydrogen) atoms. The van der Waals surface area contributed by atoms with Gasteiger partial charge >= 0.3 is 5.97 Å². The Morgan fingerprint density at radius 3 is 2.68 bits per heavy atom. The van der Waals surface area contributed by atoms with Crippen molar-refractivity contribution < 1.29 is 19.0 Å². The van der Waals surface area contributed by atoms with E-state index in [4.69, 9.17) is 14.2 Å². The molecular weight excluding hydrogens is 464 g/mol. The Bertz CT molecular complexity index is 1140. The number of anilines is 1. The molecule has 3 aromatic rings. The van der Waals surface area contributed by atoms with Crippen molar-refractivity contribution in [3.63, 3.8) is 0 Å². The van der Waals surface area contributed by atoms with Crippen LogP contribution >= 0.6 is 15.9 Å². The highest BCUT2D eigenvalue weighted by Gasteiger charge is 2.35. The second kappa shape index (κ2) is 8.81. The molecule has 4 rings (SSSR count). The Balaban J connectivity index is 1.75. The number of carbonyl (C=O) groups excluding carboxylic acids is 1. The van der Waals surface area contributed by atoms with Gasteiger partial charge in [-0.15, -0.1) is 0 Å². The van der Waals surface area contributed by atoms with Gasteiger partial charge in [0, 0.05) is 5.70 Å². The normalized spacial score (nSPS) is 15.2. The second-order valence-corrected chi connectivity index (χ2v) is 7.75. The maximum absolute atomic E-state index is 13.2. The SMILES string of the molecule is COc1cc(C2C(C(=O)OCc3ccccc3)=C(C)Nc3ncnn32)cc(Br)c1OC. The molecule has 0 radical (unpaired) electrons. The summed E-state index contributed by atoms with van der Waals surface area (Å²) in [4.78, 5) is 17.5. The first-order chi connectivity index (χ1) is 15.0. The van der Waals surface area contributed by atoms with Crippen LogP contribution in [0.5, 0.6) is 11.5 Å². The van der Waals surface area contributed by atoms with Gasteiger partial charge in [-0.2, -0.15) is 10.1 Å². The topological polar surface area (TPSA) is 87.5 Å². The fourth-order valence-corrected chi connectivity index (χ4v) is 4.18. The monoisotopic (exact) mass is 484 g/mol. The van der Waals surface area contributed by atoms with Gasteiger partial charge in [-0.3, -0.25) is 0 Å². The van der Waals surface area contributed by atoms with Gasteiger partial charge in [0.05, 0.1) is 24.3 Å². The zero-order valence-corrected chi connectivity index (χ0v) is 18.8. The maximum Gasteiger partial charge on any atom is 0.338 e. The van der Waals surface area contributed by atoms with E-state index < -0.39 is 12.0 Å². The molecule has 1 atom stereocenters. The summed E-state index contributed by atoms with van der Waals surface area (Å²) in [5.74, 6) is 1.19. The van der Waals surface area contributed by atoms with Crippen molar-refractivity contribution in [2.24, 2.45) is 0 Å². The van der Waals surface area contributed by atoms with E-state index in [1.54, 1.807) is 18.9 Å². The van der Waals surface area contributed by atoms with Crippen molar-refractivity contribution >= 4 is 27.8 Å².